The summed E-state index contributed by atoms with van der Waals surface area (Å²) in [6, 6.07) is 8.90. The lowest BCUT2D eigenvalue weighted by Crippen LogP contribution is -2.48. The first-order valence-corrected chi connectivity index (χ1v) is 12.2. The molecule has 2 aromatic rings. The topological polar surface area (TPSA) is 121 Å². The quantitative estimate of drug-likeness (QED) is 0.344. The number of carbonyl (C=O) groups is 3. The predicted molar refractivity (Wildman–Crippen MR) is 133 cm³/mol. The average Bonchev–Trinajstić information content (AvgIpc) is 3.38. The largest absolute Gasteiger partial charge is 0.481 e. The Balaban J connectivity index is 0.000000611. The predicted octanol–water partition coefficient (Wildman–Crippen LogP) is 5.77. The Labute approximate surface area is 226 Å². The summed E-state index contributed by atoms with van der Waals surface area (Å²) >= 11 is 0. The van der Waals surface area contributed by atoms with Crippen molar-refractivity contribution in [2.45, 2.75) is 63.3 Å². The molecule has 1 amide bonds. The molecule has 13 heteroatoms. The third kappa shape index (κ3) is 8.20. The molecule has 1 atom stereocenters. The van der Waals surface area contributed by atoms with E-state index in [1.54, 1.807) is 44.2 Å². The summed E-state index contributed by atoms with van der Waals surface area (Å²) in [4.78, 5) is 33.6. The maximum Gasteiger partial charge on any atom is 0.417 e. The summed E-state index contributed by atoms with van der Waals surface area (Å²) in [7, 11) is 0. The lowest BCUT2D eigenvalue weighted by atomic mass is 9.73. The number of carbonyl (C=O) groups excluding carboxylic acids is 1. The summed E-state index contributed by atoms with van der Waals surface area (Å²) in [6.45, 7) is 4.84. The molecule has 1 unspecified atom stereocenters. The van der Waals surface area contributed by atoms with Crippen molar-refractivity contribution in [3.8, 4) is 0 Å². The average molecular weight is 577 g/mol. The number of rotatable bonds is 8. The minimum Gasteiger partial charge on any atom is -0.481 e. The molecule has 1 fully saturated rings. The smallest absolute Gasteiger partial charge is 0.417 e. The summed E-state index contributed by atoms with van der Waals surface area (Å²) in [6.07, 6.45) is -9.10. The van der Waals surface area contributed by atoms with Crippen LogP contribution in [0.2, 0.25) is 0 Å². The first kappa shape index (κ1) is 32.6. The van der Waals surface area contributed by atoms with Crippen LogP contribution in [0, 0.1) is 0 Å². The van der Waals surface area contributed by atoms with Gasteiger partial charge in [-0.2, -0.15) is 26.3 Å². The van der Waals surface area contributed by atoms with E-state index in [-0.39, 0.29) is 24.5 Å². The van der Waals surface area contributed by atoms with Crippen LogP contribution in [0.3, 0.4) is 0 Å². The highest BCUT2D eigenvalue weighted by Gasteiger charge is 2.45. The van der Waals surface area contributed by atoms with Gasteiger partial charge in [-0.15, -0.1) is 0 Å². The number of likely N-dealkylation sites (tertiary alicyclic amines) is 1. The highest BCUT2D eigenvalue weighted by Crippen LogP contribution is 2.46. The van der Waals surface area contributed by atoms with Gasteiger partial charge in [0.25, 0.3) is 0 Å². The fraction of sp³-hybridized carbons (Fsp3) is 0.444. The zero-order valence-electron chi connectivity index (χ0n) is 21.8. The summed E-state index contributed by atoms with van der Waals surface area (Å²) in [5.74, 6) is -4.54. The molecular formula is C27H30F6N2O5. The Morgan fingerprint density at radius 3 is 1.77 bits per heavy atom. The number of benzene rings is 2. The number of hydrogen-bond donors (Lipinski definition) is 3. The third-order valence-corrected chi connectivity index (χ3v) is 6.67. The van der Waals surface area contributed by atoms with Crippen LogP contribution in [0.15, 0.2) is 42.5 Å². The minimum atomic E-state index is -5.20. The molecule has 0 saturated carbocycles. The Hall–Kier alpha value is -3.61. The first-order valence-electron chi connectivity index (χ1n) is 12.2. The van der Waals surface area contributed by atoms with Gasteiger partial charge >= 0.3 is 24.3 Å². The molecule has 7 nitrogen and oxygen atoms in total. The van der Waals surface area contributed by atoms with E-state index in [1.807, 2.05) is 4.90 Å². The van der Waals surface area contributed by atoms with E-state index in [9.17, 15) is 40.7 Å². The number of hydrogen-bond acceptors (Lipinski definition) is 4. The van der Waals surface area contributed by atoms with Crippen molar-refractivity contribution in [2.75, 3.05) is 13.1 Å². The molecule has 1 aliphatic heterocycles. The van der Waals surface area contributed by atoms with Crippen molar-refractivity contribution in [1.82, 2.24) is 4.90 Å². The van der Waals surface area contributed by atoms with Gasteiger partial charge in [-0.05, 0) is 63.0 Å². The number of carboxylic acid groups (broad SMARTS) is 2. The molecule has 1 heterocycles. The molecule has 0 bridgehead atoms. The summed E-state index contributed by atoms with van der Waals surface area (Å²) < 4.78 is 82.4. The molecule has 0 spiro atoms. The van der Waals surface area contributed by atoms with Crippen LogP contribution in [-0.4, -0.2) is 51.6 Å². The van der Waals surface area contributed by atoms with E-state index in [4.69, 9.17) is 15.9 Å². The Kier molecular flexibility index (Phi) is 10.4. The number of nitrogens with zero attached hydrogens (tertiary/aromatic N) is 1. The van der Waals surface area contributed by atoms with Gasteiger partial charge in [0.2, 0.25) is 5.91 Å². The monoisotopic (exact) mass is 576 g/mol. The van der Waals surface area contributed by atoms with E-state index >= 15 is 0 Å². The highest BCUT2D eigenvalue weighted by atomic mass is 19.4. The number of carboxylic acids is 2. The summed E-state index contributed by atoms with van der Waals surface area (Å²) in [5.41, 5.74) is 0.516. The lowest BCUT2D eigenvalue weighted by molar-refractivity contribution is -0.143. The summed E-state index contributed by atoms with van der Waals surface area (Å²) in [5, 5.41) is 15.8. The second-order valence-electron chi connectivity index (χ2n) is 9.83. The third-order valence-electron chi connectivity index (χ3n) is 6.67. The maximum absolute atomic E-state index is 13.8. The second-order valence-corrected chi connectivity index (χ2v) is 9.83. The van der Waals surface area contributed by atoms with Crippen LogP contribution in [-0.2, 0) is 21.9 Å². The van der Waals surface area contributed by atoms with Crippen LogP contribution in [0.5, 0.6) is 0 Å². The molecular weight excluding hydrogens is 546 g/mol. The lowest BCUT2D eigenvalue weighted by Gasteiger charge is -2.43. The van der Waals surface area contributed by atoms with Crippen LogP contribution in [0.4, 0.5) is 26.3 Å². The number of amides is 1. The van der Waals surface area contributed by atoms with Crippen LogP contribution >= 0.6 is 0 Å². The number of primary amides is 1. The van der Waals surface area contributed by atoms with E-state index in [2.05, 4.69) is 0 Å². The van der Waals surface area contributed by atoms with Crippen LogP contribution < -0.4 is 5.73 Å². The van der Waals surface area contributed by atoms with Gasteiger partial charge in [-0.25, -0.2) is 0 Å². The van der Waals surface area contributed by atoms with Crippen molar-refractivity contribution >= 4 is 17.8 Å². The molecule has 220 valence electrons. The van der Waals surface area contributed by atoms with Gasteiger partial charge in [-0.3, -0.25) is 19.3 Å². The van der Waals surface area contributed by atoms with Gasteiger partial charge < -0.3 is 15.9 Å². The van der Waals surface area contributed by atoms with Gasteiger partial charge in [0.15, 0.2) is 0 Å². The molecule has 2 aromatic carbocycles. The number of aliphatic carboxylic acids is 2. The van der Waals surface area contributed by atoms with E-state index in [0.29, 0.717) is 24.7 Å². The molecule has 0 aromatic heterocycles. The molecule has 1 aliphatic rings. The van der Waals surface area contributed by atoms with Gasteiger partial charge in [0, 0.05) is 11.5 Å². The molecule has 1 saturated heterocycles. The fourth-order valence-electron chi connectivity index (χ4n) is 4.86. The van der Waals surface area contributed by atoms with Crippen LogP contribution in [0.25, 0.3) is 0 Å². The first-order chi connectivity index (χ1) is 18.4. The van der Waals surface area contributed by atoms with Crippen molar-refractivity contribution < 1.29 is 50.9 Å². The fourth-order valence-corrected chi connectivity index (χ4v) is 4.86. The SMILES string of the molecule is CC(C)(C(c1ccccc1)c1cc(C(F)(F)F)cc(C(F)(F)F)c1C(N)=O)N1CCCC1.O=C(O)CCC(=O)O. The highest BCUT2D eigenvalue weighted by molar-refractivity contribution is 5.96. The standard InChI is InChI=1S/C23H24F6N2O.C4H6O4/c1-21(2,31-10-6-7-11-31)19(14-8-4-3-5-9-14)16-12-15(22(24,25)26)13-17(23(27,28)29)18(16)20(30)32;5-3(6)1-2-4(7)8/h3-5,8-9,12-13,19H,6-7,10-11H2,1-2H3,(H2,30,32);1-2H2,(H,5,6)(H,7,8). The normalized spacial score (nSPS) is 15.2. The zero-order valence-corrected chi connectivity index (χ0v) is 21.8. The number of nitrogens with two attached hydrogens (primary N) is 1. The molecule has 0 radical (unpaired) electrons. The maximum atomic E-state index is 13.8. The molecule has 3 rings (SSSR count). The van der Waals surface area contributed by atoms with Crippen molar-refractivity contribution in [2.24, 2.45) is 5.73 Å². The van der Waals surface area contributed by atoms with Gasteiger partial charge in [-0.1, -0.05) is 30.3 Å². The Bertz CT molecular complexity index is 1190. The molecule has 0 aliphatic carbocycles. The number of halogens is 6. The zero-order chi connectivity index (χ0) is 30.5. The van der Waals surface area contributed by atoms with Gasteiger partial charge in [0.05, 0.1) is 29.5 Å². The van der Waals surface area contributed by atoms with Gasteiger partial charge in [0.1, 0.15) is 0 Å². The molecule has 40 heavy (non-hydrogen) atoms. The van der Waals surface area contributed by atoms with E-state index in [1.165, 1.54) is 0 Å². The Morgan fingerprint density at radius 2 is 1.38 bits per heavy atom. The van der Waals surface area contributed by atoms with E-state index < -0.39 is 58.3 Å². The van der Waals surface area contributed by atoms with Crippen molar-refractivity contribution in [3.05, 3.63) is 70.3 Å². The van der Waals surface area contributed by atoms with Crippen LogP contribution in [0.1, 0.15) is 78.1 Å². The Morgan fingerprint density at radius 1 is 0.875 bits per heavy atom. The minimum absolute atomic E-state index is 0.0332. The molecule has 4 N–H and O–H groups in total. The number of alkyl halides is 6. The van der Waals surface area contributed by atoms with E-state index in [0.717, 1.165) is 12.8 Å². The van der Waals surface area contributed by atoms with Crippen molar-refractivity contribution in [1.29, 1.82) is 0 Å². The second kappa shape index (κ2) is 12.7. The van der Waals surface area contributed by atoms with Crippen molar-refractivity contribution in [3.63, 3.8) is 0 Å².